The number of carbonyl (C=O) groups excluding carboxylic acids is 1. The second-order valence-corrected chi connectivity index (χ2v) is 6.07. The predicted molar refractivity (Wildman–Crippen MR) is 76.6 cm³/mol. The monoisotopic (exact) mass is 283 g/mol. The molecule has 1 saturated carbocycles. The lowest BCUT2D eigenvalue weighted by atomic mass is 9.68. The maximum atomic E-state index is 12.1. The molecular weight excluding hydrogens is 266 g/mol. The summed E-state index contributed by atoms with van der Waals surface area (Å²) in [6.07, 6.45) is 3.35. The van der Waals surface area contributed by atoms with Crippen LogP contribution in [0.1, 0.15) is 30.0 Å². The zero-order chi connectivity index (χ0) is 13.2. The standard InChI is InChI=1S/C12H17N3OS2/c1-8-7-18-9(15-8)3-6-14-11(16)12(10(13)17)4-2-5-12/h7H,2-6H2,1H3,(H2,13,17)(H,14,16). The fourth-order valence-electron chi connectivity index (χ4n) is 2.09. The van der Waals surface area contributed by atoms with Crippen LogP contribution in [0.5, 0.6) is 0 Å². The molecule has 0 bridgehead atoms. The lowest BCUT2D eigenvalue weighted by molar-refractivity contribution is -0.130. The molecule has 4 nitrogen and oxygen atoms in total. The molecule has 0 radical (unpaired) electrons. The fourth-order valence-corrected chi connectivity index (χ4v) is 3.16. The van der Waals surface area contributed by atoms with E-state index >= 15 is 0 Å². The molecule has 0 aliphatic heterocycles. The molecule has 1 amide bonds. The lowest BCUT2D eigenvalue weighted by Crippen LogP contribution is -2.53. The number of thiazole rings is 1. The minimum atomic E-state index is -0.575. The summed E-state index contributed by atoms with van der Waals surface area (Å²) in [5.74, 6) is -0.0190. The van der Waals surface area contributed by atoms with Gasteiger partial charge in [0.2, 0.25) is 5.91 Å². The zero-order valence-electron chi connectivity index (χ0n) is 10.4. The van der Waals surface area contributed by atoms with Crippen LogP contribution < -0.4 is 11.1 Å². The number of carbonyl (C=O) groups is 1. The number of hydrogen-bond acceptors (Lipinski definition) is 4. The van der Waals surface area contributed by atoms with Crippen LogP contribution >= 0.6 is 23.6 Å². The highest BCUT2D eigenvalue weighted by molar-refractivity contribution is 7.80. The normalized spacial score (nSPS) is 16.9. The van der Waals surface area contributed by atoms with Crippen molar-refractivity contribution < 1.29 is 4.79 Å². The van der Waals surface area contributed by atoms with Crippen LogP contribution in [0, 0.1) is 12.3 Å². The Labute approximate surface area is 116 Å². The zero-order valence-corrected chi connectivity index (χ0v) is 12.0. The third-order valence-electron chi connectivity index (χ3n) is 3.40. The predicted octanol–water partition coefficient (Wildman–Crippen LogP) is 1.57. The van der Waals surface area contributed by atoms with Gasteiger partial charge in [0.25, 0.3) is 0 Å². The van der Waals surface area contributed by atoms with E-state index in [4.69, 9.17) is 18.0 Å². The summed E-state index contributed by atoms with van der Waals surface area (Å²) in [6.45, 7) is 2.56. The highest BCUT2D eigenvalue weighted by Gasteiger charge is 2.46. The van der Waals surface area contributed by atoms with Gasteiger partial charge in [-0.15, -0.1) is 11.3 Å². The summed E-state index contributed by atoms with van der Waals surface area (Å²) in [4.78, 5) is 16.8. The van der Waals surface area contributed by atoms with E-state index in [-0.39, 0.29) is 5.91 Å². The Hall–Kier alpha value is -1.01. The van der Waals surface area contributed by atoms with E-state index in [2.05, 4.69) is 10.3 Å². The Balaban J connectivity index is 1.83. The molecule has 0 atom stereocenters. The maximum absolute atomic E-state index is 12.1. The SMILES string of the molecule is Cc1csc(CCNC(=O)C2(C(N)=S)CCC2)n1. The molecule has 0 aromatic carbocycles. The molecule has 6 heteroatoms. The molecule has 0 saturated heterocycles. The van der Waals surface area contributed by atoms with Crippen molar-refractivity contribution in [2.24, 2.45) is 11.1 Å². The van der Waals surface area contributed by atoms with Gasteiger partial charge >= 0.3 is 0 Å². The van der Waals surface area contributed by atoms with Crippen LogP contribution in [-0.4, -0.2) is 22.4 Å². The van der Waals surface area contributed by atoms with Crippen LogP contribution in [0.15, 0.2) is 5.38 Å². The number of nitrogens with two attached hydrogens (primary N) is 1. The summed E-state index contributed by atoms with van der Waals surface area (Å²) >= 11 is 6.63. The van der Waals surface area contributed by atoms with Crippen molar-refractivity contribution in [2.45, 2.75) is 32.6 Å². The van der Waals surface area contributed by atoms with Gasteiger partial charge in [0.1, 0.15) is 0 Å². The molecule has 18 heavy (non-hydrogen) atoms. The molecule has 1 aliphatic carbocycles. The Bertz CT molecular complexity index is 466. The van der Waals surface area contributed by atoms with Gasteiger partial charge in [0.15, 0.2) is 0 Å². The Morgan fingerprint density at radius 2 is 2.39 bits per heavy atom. The van der Waals surface area contributed by atoms with Crippen molar-refractivity contribution in [3.63, 3.8) is 0 Å². The summed E-state index contributed by atoms with van der Waals surface area (Å²) < 4.78 is 0. The first-order valence-electron chi connectivity index (χ1n) is 6.04. The summed E-state index contributed by atoms with van der Waals surface area (Å²) in [6, 6.07) is 0. The highest BCUT2D eigenvalue weighted by atomic mass is 32.1. The average Bonchev–Trinajstić information content (AvgIpc) is 2.61. The first-order chi connectivity index (χ1) is 8.54. The minimum absolute atomic E-state index is 0.0190. The smallest absolute Gasteiger partial charge is 0.233 e. The average molecular weight is 283 g/mol. The molecule has 1 fully saturated rings. The van der Waals surface area contributed by atoms with Crippen molar-refractivity contribution in [3.8, 4) is 0 Å². The topological polar surface area (TPSA) is 68.0 Å². The number of nitrogens with zero attached hydrogens (tertiary/aromatic N) is 1. The molecule has 1 aromatic heterocycles. The number of rotatable bonds is 5. The first kappa shape index (κ1) is 13.4. The summed E-state index contributed by atoms with van der Waals surface area (Å²) in [5.41, 5.74) is 6.13. The van der Waals surface area contributed by atoms with Gasteiger partial charge in [-0.2, -0.15) is 0 Å². The van der Waals surface area contributed by atoms with Crippen LogP contribution in [0.25, 0.3) is 0 Å². The first-order valence-corrected chi connectivity index (χ1v) is 7.32. The Morgan fingerprint density at radius 3 is 2.83 bits per heavy atom. The fraction of sp³-hybridized carbons (Fsp3) is 0.583. The maximum Gasteiger partial charge on any atom is 0.233 e. The molecule has 1 aliphatic rings. The molecule has 2 rings (SSSR count). The molecule has 1 heterocycles. The second kappa shape index (κ2) is 5.32. The van der Waals surface area contributed by atoms with Gasteiger partial charge < -0.3 is 11.1 Å². The van der Waals surface area contributed by atoms with E-state index in [1.807, 2.05) is 12.3 Å². The van der Waals surface area contributed by atoms with E-state index < -0.39 is 5.41 Å². The molecular formula is C12H17N3OS2. The number of aromatic nitrogens is 1. The quantitative estimate of drug-likeness (QED) is 0.805. The van der Waals surface area contributed by atoms with Crippen molar-refractivity contribution >= 4 is 34.5 Å². The Morgan fingerprint density at radius 1 is 1.67 bits per heavy atom. The van der Waals surface area contributed by atoms with E-state index in [1.165, 1.54) is 0 Å². The number of hydrogen-bond donors (Lipinski definition) is 2. The van der Waals surface area contributed by atoms with E-state index in [1.54, 1.807) is 11.3 Å². The largest absolute Gasteiger partial charge is 0.392 e. The van der Waals surface area contributed by atoms with Crippen molar-refractivity contribution in [2.75, 3.05) is 6.54 Å². The van der Waals surface area contributed by atoms with Crippen LogP contribution in [0.2, 0.25) is 0 Å². The van der Waals surface area contributed by atoms with Crippen molar-refractivity contribution in [1.29, 1.82) is 0 Å². The molecule has 3 N–H and O–H groups in total. The summed E-state index contributed by atoms with van der Waals surface area (Å²) in [5, 5.41) is 5.99. The van der Waals surface area contributed by atoms with E-state index in [0.717, 1.165) is 36.4 Å². The van der Waals surface area contributed by atoms with Crippen molar-refractivity contribution in [3.05, 3.63) is 16.1 Å². The van der Waals surface area contributed by atoms with Gasteiger partial charge in [-0.1, -0.05) is 18.6 Å². The minimum Gasteiger partial charge on any atom is -0.392 e. The summed E-state index contributed by atoms with van der Waals surface area (Å²) in [7, 11) is 0. The van der Waals surface area contributed by atoms with Crippen molar-refractivity contribution in [1.82, 2.24) is 10.3 Å². The number of aryl methyl sites for hydroxylation is 1. The number of nitrogens with one attached hydrogen (secondary N) is 1. The van der Waals surface area contributed by atoms with Crippen LogP contribution in [0.4, 0.5) is 0 Å². The van der Waals surface area contributed by atoms with Gasteiger partial charge in [0.05, 0.1) is 15.4 Å². The van der Waals surface area contributed by atoms with E-state index in [0.29, 0.717) is 11.5 Å². The Kier molecular flexibility index (Phi) is 3.97. The highest BCUT2D eigenvalue weighted by Crippen LogP contribution is 2.41. The molecule has 98 valence electrons. The van der Waals surface area contributed by atoms with Gasteiger partial charge in [-0.3, -0.25) is 4.79 Å². The lowest BCUT2D eigenvalue weighted by Gasteiger charge is -2.39. The second-order valence-electron chi connectivity index (χ2n) is 4.69. The van der Waals surface area contributed by atoms with Crippen LogP contribution in [-0.2, 0) is 11.2 Å². The van der Waals surface area contributed by atoms with E-state index in [9.17, 15) is 4.79 Å². The third kappa shape index (κ3) is 2.54. The number of thiocarbonyl (C=S) groups is 1. The molecule has 0 unspecified atom stereocenters. The molecule has 0 spiro atoms. The third-order valence-corrected chi connectivity index (χ3v) is 4.82. The van der Waals surface area contributed by atoms with Gasteiger partial charge in [0, 0.05) is 24.0 Å². The van der Waals surface area contributed by atoms with Crippen LogP contribution in [0.3, 0.4) is 0 Å². The van der Waals surface area contributed by atoms with Gasteiger partial charge in [-0.25, -0.2) is 4.98 Å². The number of amides is 1. The molecule has 1 aromatic rings. The van der Waals surface area contributed by atoms with Gasteiger partial charge in [-0.05, 0) is 19.8 Å².